The number of carboxylic acid groups (broad SMARTS) is 1. The molecule has 1 aromatic heterocycles. The summed E-state index contributed by atoms with van der Waals surface area (Å²) in [6, 6.07) is 1.80. The zero-order valence-corrected chi connectivity index (χ0v) is 14.3. The van der Waals surface area contributed by atoms with E-state index in [0.717, 1.165) is 27.8 Å². The Morgan fingerprint density at radius 2 is 2.26 bits per heavy atom. The van der Waals surface area contributed by atoms with Gasteiger partial charge in [-0.1, -0.05) is 6.42 Å². The van der Waals surface area contributed by atoms with Crippen LogP contribution < -0.4 is 0 Å². The molecule has 3 unspecified atom stereocenters. The summed E-state index contributed by atoms with van der Waals surface area (Å²) in [5, 5.41) is 9.51. The maximum absolute atomic E-state index is 11.6. The van der Waals surface area contributed by atoms with E-state index in [9.17, 15) is 9.90 Å². The molecule has 19 heavy (non-hydrogen) atoms. The minimum absolute atomic E-state index is 0.285. The number of halogens is 2. The van der Waals surface area contributed by atoms with Crippen LogP contribution in [0.3, 0.4) is 0 Å². The Kier molecular flexibility index (Phi) is 4.04. The summed E-state index contributed by atoms with van der Waals surface area (Å²) in [6.07, 6.45) is 3.47. The van der Waals surface area contributed by atoms with E-state index < -0.39 is 5.97 Å². The molecule has 6 heteroatoms. The number of thiophene rings is 1. The average molecular weight is 409 g/mol. The number of carboxylic acids is 1. The van der Waals surface area contributed by atoms with Crippen LogP contribution in [0.5, 0.6) is 0 Å². The molecule has 0 bridgehead atoms. The van der Waals surface area contributed by atoms with Crippen molar-refractivity contribution in [3.8, 4) is 0 Å². The number of nitrogens with zero attached hydrogens (tertiary/aromatic N) is 1. The van der Waals surface area contributed by atoms with Crippen LogP contribution in [0.1, 0.15) is 24.1 Å². The largest absolute Gasteiger partial charge is 0.480 e. The van der Waals surface area contributed by atoms with Crippen LogP contribution in [0.2, 0.25) is 0 Å². The molecule has 1 saturated heterocycles. The van der Waals surface area contributed by atoms with Crippen molar-refractivity contribution in [3.63, 3.8) is 0 Å². The first-order valence-electron chi connectivity index (χ1n) is 6.47. The molecule has 0 radical (unpaired) electrons. The van der Waals surface area contributed by atoms with Crippen molar-refractivity contribution < 1.29 is 9.90 Å². The van der Waals surface area contributed by atoms with Gasteiger partial charge in [0.05, 0.1) is 3.79 Å². The van der Waals surface area contributed by atoms with Gasteiger partial charge >= 0.3 is 5.97 Å². The molecule has 0 aromatic carbocycles. The number of hydrogen-bond acceptors (Lipinski definition) is 3. The quantitative estimate of drug-likeness (QED) is 0.822. The molecule has 3 atom stereocenters. The zero-order valence-electron chi connectivity index (χ0n) is 10.3. The highest BCUT2D eigenvalue weighted by atomic mass is 79.9. The van der Waals surface area contributed by atoms with Crippen LogP contribution >= 0.6 is 43.2 Å². The number of likely N-dealkylation sites (tertiary alicyclic amines) is 1. The molecular weight excluding hydrogens is 394 g/mol. The minimum Gasteiger partial charge on any atom is -0.480 e. The Hall–Kier alpha value is 0.0900. The Morgan fingerprint density at radius 1 is 1.47 bits per heavy atom. The van der Waals surface area contributed by atoms with Gasteiger partial charge in [-0.3, -0.25) is 9.69 Å². The van der Waals surface area contributed by atoms with Crippen molar-refractivity contribution in [2.45, 2.75) is 31.8 Å². The molecule has 2 heterocycles. The maximum Gasteiger partial charge on any atom is 0.321 e. The van der Waals surface area contributed by atoms with Crippen LogP contribution in [0.15, 0.2) is 14.3 Å². The first kappa shape index (κ1) is 14.0. The van der Waals surface area contributed by atoms with Crippen molar-refractivity contribution >= 4 is 49.2 Å². The topological polar surface area (TPSA) is 40.5 Å². The summed E-state index contributed by atoms with van der Waals surface area (Å²) in [6.45, 7) is 1.69. The smallest absolute Gasteiger partial charge is 0.321 e. The standard InChI is InChI=1S/C13H15Br2NO2S/c14-10-4-8(19-12(10)15)6-16-5-7-2-1-3-9(7)11(16)13(17)18/h4,7,9,11H,1-3,5-6H2,(H,17,18). The molecular formula is C13H15Br2NO2S. The lowest BCUT2D eigenvalue weighted by Crippen LogP contribution is -2.38. The fourth-order valence-electron chi connectivity index (χ4n) is 3.57. The fourth-order valence-corrected chi connectivity index (χ4v) is 5.77. The second-order valence-corrected chi connectivity index (χ2v) is 8.71. The van der Waals surface area contributed by atoms with Crippen LogP contribution in [0.25, 0.3) is 0 Å². The maximum atomic E-state index is 11.6. The predicted molar refractivity (Wildman–Crippen MR) is 82.4 cm³/mol. The Morgan fingerprint density at radius 3 is 2.89 bits per heavy atom. The van der Waals surface area contributed by atoms with Gasteiger partial charge < -0.3 is 5.11 Å². The number of carbonyl (C=O) groups is 1. The summed E-state index contributed by atoms with van der Waals surface area (Å²) in [4.78, 5) is 14.9. The van der Waals surface area contributed by atoms with E-state index in [4.69, 9.17) is 0 Å². The molecule has 3 nitrogen and oxygen atoms in total. The lowest BCUT2D eigenvalue weighted by molar-refractivity contribution is -0.143. The van der Waals surface area contributed by atoms with Gasteiger partial charge in [0, 0.05) is 22.4 Å². The third kappa shape index (κ3) is 2.64. The van der Waals surface area contributed by atoms with Crippen molar-refractivity contribution in [2.24, 2.45) is 11.8 Å². The third-order valence-corrected chi connectivity index (χ3v) is 7.53. The van der Waals surface area contributed by atoms with E-state index in [1.807, 2.05) is 0 Å². The molecule has 104 valence electrons. The van der Waals surface area contributed by atoms with Gasteiger partial charge in [0.25, 0.3) is 0 Å². The number of fused-ring (bicyclic) bond motifs is 1. The molecule has 1 aliphatic carbocycles. The summed E-state index contributed by atoms with van der Waals surface area (Å²) < 4.78 is 2.13. The molecule has 2 aliphatic rings. The van der Waals surface area contributed by atoms with Crippen molar-refractivity contribution in [1.82, 2.24) is 4.90 Å². The number of hydrogen-bond donors (Lipinski definition) is 1. The second kappa shape index (κ2) is 5.47. The molecule has 1 aliphatic heterocycles. The summed E-state index contributed by atoms with van der Waals surface area (Å²) >= 11 is 8.66. The Bertz CT molecular complexity index is 485. The van der Waals surface area contributed by atoms with E-state index in [1.54, 1.807) is 11.3 Å². The molecule has 1 aromatic rings. The van der Waals surface area contributed by atoms with Crippen LogP contribution in [0.4, 0.5) is 0 Å². The summed E-state index contributed by atoms with van der Waals surface area (Å²) in [7, 11) is 0. The van der Waals surface area contributed by atoms with Gasteiger partial charge in [-0.25, -0.2) is 0 Å². The average Bonchev–Trinajstić information content (AvgIpc) is 2.94. The molecule has 3 rings (SSSR count). The van der Waals surface area contributed by atoms with Gasteiger partial charge in [-0.2, -0.15) is 0 Å². The minimum atomic E-state index is -0.649. The molecule has 0 spiro atoms. The van der Waals surface area contributed by atoms with Crippen LogP contribution in [-0.2, 0) is 11.3 Å². The highest BCUT2D eigenvalue weighted by Gasteiger charge is 2.47. The van der Waals surface area contributed by atoms with E-state index in [2.05, 4.69) is 42.8 Å². The highest BCUT2D eigenvalue weighted by Crippen LogP contribution is 2.43. The van der Waals surface area contributed by atoms with Crippen LogP contribution in [-0.4, -0.2) is 28.6 Å². The van der Waals surface area contributed by atoms with Crippen molar-refractivity contribution in [3.05, 3.63) is 19.2 Å². The normalized spacial score (nSPS) is 30.7. The summed E-state index contributed by atoms with van der Waals surface area (Å²) in [5.74, 6) is 0.307. The molecule has 1 saturated carbocycles. The predicted octanol–water partition coefficient (Wildman–Crippen LogP) is 3.96. The first-order valence-corrected chi connectivity index (χ1v) is 8.87. The molecule has 0 amide bonds. The van der Waals surface area contributed by atoms with Crippen LogP contribution in [0, 0.1) is 11.8 Å². The van der Waals surface area contributed by atoms with E-state index >= 15 is 0 Å². The van der Waals surface area contributed by atoms with Gasteiger partial charge in [0.15, 0.2) is 0 Å². The fraction of sp³-hybridized carbons (Fsp3) is 0.615. The first-order chi connectivity index (χ1) is 9.06. The Labute approximate surface area is 133 Å². The van der Waals surface area contributed by atoms with Gasteiger partial charge in [0.1, 0.15) is 6.04 Å². The number of rotatable bonds is 3. The van der Waals surface area contributed by atoms with Gasteiger partial charge in [-0.05, 0) is 62.6 Å². The second-order valence-electron chi connectivity index (χ2n) is 5.40. The number of aliphatic carboxylic acids is 1. The zero-order chi connectivity index (χ0) is 13.6. The van der Waals surface area contributed by atoms with E-state index in [-0.39, 0.29) is 6.04 Å². The van der Waals surface area contributed by atoms with E-state index in [0.29, 0.717) is 11.8 Å². The van der Waals surface area contributed by atoms with Gasteiger partial charge in [-0.15, -0.1) is 11.3 Å². The lowest BCUT2D eigenvalue weighted by Gasteiger charge is -2.23. The van der Waals surface area contributed by atoms with Gasteiger partial charge in [0.2, 0.25) is 0 Å². The van der Waals surface area contributed by atoms with E-state index in [1.165, 1.54) is 17.7 Å². The highest BCUT2D eigenvalue weighted by molar-refractivity contribution is 9.13. The van der Waals surface area contributed by atoms with Crippen molar-refractivity contribution in [2.75, 3.05) is 6.54 Å². The summed E-state index contributed by atoms with van der Waals surface area (Å²) in [5.41, 5.74) is 0. The Balaban J connectivity index is 1.78. The molecule has 1 N–H and O–H groups in total. The molecule has 2 fully saturated rings. The van der Waals surface area contributed by atoms with Crippen molar-refractivity contribution in [1.29, 1.82) is 0 Å². The lowest BCUT2D eigenvalue weighted by atomic mass is 9.94. The SMILES string of the molecule is O=C(O)C1C2CCCC2CN1Cc1cc(Br)c(Br)s1. The monoisotopic (exact) mass is 407 g/mol. The third-order valence-electron chi connectivity index (χ3n) is 4.29.